The van der Waals surface area contributed by atoms with Crippen molar-refractivity contribution in [2.45, 2.75) is 19.3 Å². The Morgan fingerprint density at radius 2 is 2.04 bits per heavy atom. The number of thiazole rings is 1. The van der Waals surface area contributed by atoms with E-state index in [-0.39, 0.29) is 33.6 Å². The zero-order valence-electron chi connectivity index (χ0n) is 13.0. The van der Waals surface area contributed by atoms with Gasteiger partial charge >= 0.3 is 5.97 Å². The number of amides is 1. The lowest BCUT2D eigenvalue weighted by atomic mass is 10.0. The van der Waals surface area contributed by atoms with Crippen molar-refractivity contribution < 1.29 is 19.1 Å². The van der Waals surface area contributed by atoms with E-state index in [9.17, 15) is 19.2 Å². The molecule has 128 valence electrons. The molecule has 1 amide bonds. The van der Waals surface area contributed by atoms with Gasteiger partial charge in [-0.15, -0.1) is 0 Å². The van der Waals surface area contributed by atoms with Gasteiger partial charge in [0.1, 0.15) is 22.5 Å². The molecule has 2 aromatic rings. The summed E-state index contributed by atoms with van der Waals surface area (Å²) in [6.07, 6.45) is 1.26. The molecule has 1 aromatic heterocycles. The lowest BCUT2D eigenvalue weighted by Crippen LogP contribution is -2.21. The molecule has 1 saturated carbocycles. The summed E-state index contributed by atoms with van der Waals surface area (Å²) in [5.74, 6) is -2.61. The maximum atomic E-state index is 13.9. The first-order valence-corrected chi connectivity index (χ1v) is 8.50. The molecule has 2 N–H and O–H groups in total. The van der Waals surface area contributed by atoms with Gasteiger partial charge in [-0.3, -0.25) is 9.59 Å². The van der Waals surface area contributed by atoms with Gasteiger partial charge in [-0.05, 0) is 31.4 Å². The second-order valence-corrected chi connectivity index (χ2v) is 6.82. The van der Waals surface area contributed by atoms with E-state index in [1.807, 2.05) is 6.07 Å². The highest BCUT2D eigenvalue weighted by atomic mass is 32.1. The van der Waals surface area contributed by atoms with Crippen LogP contribution in [0.4, 0.5) is 9.52 Å². The molecule has 1 aliphatic carbocycles. The molecule has 8 heteroatoms. The molecule has 2 atom stereocenters. The third-order valence-corrected chi connectivity index (χ3v) is 5.12. The molecule has 0 unspecified atom stereocenters. The Balaban J connectivity index is 1.79. The summed E-state index contributed by atoms with van der Waals surface area (Å²) in [4.78, 5) is 27.7. The number of carbonyl (C=O) groups excluding carboxylic acids is 1. The van der Waals surface area contributed by atoms with Gasteiger partial charge in [0.15, 0.2) is 5.13 Å². The van der Waals surface area contributed by atoms with E-state index in [2.05, 4.69) is 10.3 Å². The van der Waals surface area contributed by atoms with Crippen LogP contribution in [-0.4, -0.2) is 22.0 Å². The van der Waals surface area contributed by atoms with Gasteiger partial charge in [0, 0.05) is 11.5 Å². The first kappa shape index (κ1) is 17.0. The predicted molar refractivity (Wildman–Crippen MR) is 89.3 cm³/mol. The van der Waals surface area contributed by atoms with E-state index in [0.29, 0.717) is 12.8 Å². The highest BCUT2D eigenvalue weighted by molar-refractivity contribution is 7.16. The monoisotopic (exact) mass is 359 g/mol. The van der Waals surface area contributed by atoms with Crippen LogP contribution in [0.5, 0.6) is 0 Å². The Kier molecular flexibility index (Phi) is 4.76. The standard InChI is InChI=1S/C17H14FN3O3S/c18-12-4-2-1-3-11(12)14-13(8-19)25-17(20-14)21-15(22)9-5-6-10(7-9)16(23)24/h1-4,9-10H,5-7H2,(H,23,24)(H,20,21,22)/t9-,10-/m0/s1. The Labute approximate surface area is 146 Å². The number of hydrogen-bond donors (Lipinski definition) is 2. The fourth-order valence-corrected chi connectivity index (χ4v) is 3.72. The fourth-order valence-electron chi connectivity index (χ4n) is 2.94. The second-order valence-electron chi connectivity index (χ2n) is 5.82. The van der Waals surface area contributed by atoms with Crippen LogP contribution >= 0.6 is 11.3 Å². The molecule has 0 aliphatic heterocycles. The summed E-state index contributed by atoms with van der Waals surface area (Å²) < 4.78 is 13.9. The van der Waals surface area contributed by atoms with Gasteiger partial charge < -0.3 is 10.4 Å². The molecule has 1 heterocycles. The second kappa shape index (κ2) is 6.99. The lowest BCUT2D eigenvalue weighted by molar-refractivity contribution is -0.141. The van der Waals surface area contributed by atoms with Crippen molar-refractivity contribution in [1.29, 1.82) is 5.26 Å². The first-order valence-electron chi connectivity index (χ1n) is 7.69. The van der Waals surface area contributed by atoms with Crippen LogP contribution in [0.1, 0.15) is 24.1 Å². The van der Waals surface area contributed by atoms with E-state index < -0.39 is 23.6 Å². The number of carbonyl (C=O) groups is 2. The number of carboxylic acids is 1. The molecule has 0 saturated heterocycles. The van der Waals surface area contributed by atoms with Gasteiger partial charge in [-0.2, -0.15) is 5.26 Å². The zero-order valence-corrected chi connectivity index (χ0v) is 13.8. The SMILES string of the molecule is N#Cc1sc(NC(=O)[C@H]2CC[C@H](C(=O)O)C2)nc1-c1ccccc1F. The van der Waals surface area contributed by atoms with Crippen LogP contribution in [0.25, 0.3) is 11.3 Å². The van der Waals surface area contributed by atoms with E-state index in [4.69, 9.17) is 5.11 Å². The first-order chi connectivity index (χ1) is 12.0. The van der Waals surface area contributed by atoms with Crippen molar-refractivity contribution >= 4 is 28.3 Å². The number of carboxylic acid groups (broad SMARTS) is 1. The largest absolute Gasteiger partial charge is 0.481 e. The van der Waals surface area contributed by atoms with E-state index >= 15 is 0 Å². The molecule has 0 radical (unpaired) electrons. The highest BCUT2D eigenvalue weighted by Gasteiger charge is 2.34. The molecule has 1 aromatic carbocycles. The molecule has 3 rings (SSSR count). The Morgan fingerprint density at radius 3 is 2.68 bits per heavy atom. The van der Waals surface area contributed by atoms with Crippen molar-refractivity contribution in [2.24, 2.45) is 11.8 Å². The minimum absolute atomic E-state index is 0.190. The fraction of sp³-hybridized carbons (Fsp3) is 0.294. The number of rotatable bonds is 4. The molecule has 25 heavy (non-hydrogen) atoms. The average Bonchev–Trinajstić information content (AvgIpc) is 3.22. The maximum Gasteiger partial charge on any atom is 0.306 e. The van der Waals surface area contributed by atoms with Gasteiger partial charge in [0.2, 0.25) is 5.91 Å². The average molecular weight is 359 g/mol. The normalized spacial score (nSPS) is 19.4. The number of hydrogen-bond acceptors (Lipinski definition) is 5. The van der Waals surface area contributed by atoms with Gasteiger partial charge in [-0.1, -0.05) is 23.5 Å². The van der Waals surface area contributed by atoms with E-state index in [0.717, 1.165) is 11.3 Å². The third kappa shape index (κ3) is 3.51. The smallest absolute Gasteiger partial charge is 0.306 e. The van der Waals surface area contributed by atoms with Crippen LogP contribution < -0.4 is 5.32 Å². The lowest BCUT2D eigenvalue weighted by Gasteiger charge is -2.08. The zero-order chi connectivity index (χ0) is 18.0. The predicted octanol–water partition coefficient (Wildman–Crippen LogP) is 3.26. The van der Waals surface area contributed by atoms with Crippen molar-refractivity contribution in [3.05, 3.63) is 35.0 Å². The minimum Gasteiger partial charge on any atom is -0.481 e. The minimum atomic E-state index is -0.891. The van der Waals surface area contributed by atoms with Crippen LogP contribution in [0, 0.1) is 29.0 Å². The quantitative estimate of drug-likeness (QED) is 0.872. The molecule has 1 aliphatic rings. The number of anilines is 1. The topological polar surface area (TPSA) is 103 Å². The molecular weight excluding hydrogens is 345 g/mol. The van der Waals surface area contributed by atoms with E-state index in [1.54, 1.807) is 12.1 Å². The van der Waals surface area contributed by atoms with Gasteiger partial charge in [-0.25, -0.2) is 9.37 Å². The summed E-state index contributed by atoms with van der Waals surface area (Å²) in [6, 6.07) is 7.94. The van der Waals surface area contributed by atoms with Crippen molar-refractivity contribution in [3.8, 4) is 17.3 Å². The number of nitriles is 1. The number of aromatic nitrogens is 1. The number of aliphatic carboxylic acids is 1. The van der Waals surface area contributed by atoms with Crippen molar-refractivity contribution in [3.63, 3.8) is 0 Å². The number of benzene rings is 1. The number of nitrogens with zero attached hydrogens (tertiary/aromatic N) is 2. The van der Waals surface area contributed by atoms with Crippen LogP contribution in [-0.2, 0) is 9.59 Å². The summed E-state index contributed by atoms with van der Waals surface area (Å²) >= 11 is 0.970. The summed E-state index contributed by atoms with van der Waals surface area (Å²) in [6.45, 7) is 0. The molecule has 1 fully saturated rings. The van der Waals surface area contributed by atoms with Crippen LogP contribution in [0.2, 0.25) is 0 Å². The molecule has 0 bridgehead atoms. The van der Waals surface area contributed by atoms with Crippen molar-refractivity contribution in [2.75, 3.05) is 5.32 Å². The Morgan fingerprint density at radius 1 is 1.32 bits per heavy atom. The van der Waals surface area contributed by atoms with Gasteiger partial charge in [0.25, 0.3) is 0 Å². The van der Waals surface area contributed by atoms with Crippen molar-refractivity contribution in [1.82, 2.24) is 4.98 Å². The Hall–Kier alpha value is -2.79. The molecular formula is C17H14FN3O3S. The summed E-state index contributed by atoms with van der Waals surface area (Å²) in [7, 11) is 0. The van der Waals surface area contributed by atoms with Crippen LogP contribution in [0.15, 0.2) is 24.3 Å². The third-order valence-electron chi connectivity index (χ3n) is 4.24. The molecule has 0 spiro atoms. The maximum absolute atomic E-state index is 13.9. The Bertz CT molecular complexity index is 874. The number of halogens is 1. The molecule has 6 nitrogen and oxygen atoms in total. The summed E-state index contributed by atoms with van der Waals surface area (Å²) in [5.41, 5.74) is 0.387. The number of nitrogens with one attached hydrogen (secondary N) is 1. The van der Waals surface area contributed by atoms with Crippen LogP contribution in [0.3, 0.4) is 0 Å². The van der Waals surface area contributed by atoms with E-state index in [1.165, 1.54) is 12.1 Å². The highest BCUT2D eigenvalue weighted by Crippen LogP contribution is 2.34. The van der Waals surface area contributed by atoms with Gasteiger partial charge in [0.05, 0.1) is 5.92 Å². The summed E-state index contributed by atoms with van der Waals surface area (Å²) in [5, 5.41) is 21.1.